The Morgan fingerprint density at radius 1 is 1.19 bits per heavy atom. The second kappa shape index (κ2) is 10.2. The summed E-state index contributed by atoms with van der Waals surface area (Å²) in [6.45, 7) is 6.71. The van der Waals surface area contributed by atoms with Gasteiger partial charge < -0.3 is 19.5 Å². The summed E-state index contributed by atoms with van der Waals surface area (Å²) in [7, 11) is 1.68. The highest BCUT2D eigenvalue weighted by Gasteiger charge is 2.19. The third-order valence-corrected chi connectivity index (χ3v) is 6.62. The van der Waals surface area contributed by atoms with Gasteiger partial charge in [0.2, 0.25) is 0 Å². The van der Waals surface area contributed by atoms with Gasteiger partial charge in [-0.1, -0.05) is 24.4 Å². The fraction of sp³-hybridized carbons (Fsp3) is 0.400. The molecule has 0 bridgehead atoms. The average molecular weight is 448 g/mol. The molecule has 0 spiro atoms. The molecule has 1 aromatic heterocycles. The van der Waals surface area contributed by atoms with Gasteiger partial charge in [-0.3, -0.25) is 4.98 Å². The second-order valence-electron chi connectivity index (χ2n) is 8.36. The molecule has 4 rings (SSSR count). The van der Waals surface area contributed by atoms with Crippen molar-refractivity contribution in [2.45, 2.75) is 38.9 Å². The van der Waals surface area contributed by atoms with Crippen molar-refractivity contribution < 1.29 is 4.74 Å². The summed E-state index contributed by atoms with van der Waals surface area (Å²) in [5, 5.41) is 12.9. The molecule has 0 radical (unpaired) electrons. The van der Waals surface area contributed by atoms with Gasteiger partial charge in [0.05, 0.1) is 36.0 Å². The minimum Gasteiger partial charge on any atom is -0.497 e. The molecule has 1 aliphatic rings. The zero-order valence-electron chi connectivity index (χ0n) is 18.7. The Bertz CT molecular complexity index is 1190. The molecule has 1 fully saturated rings. The van der Waals surface area contributed by atoms with Crippen LogP contribution in [0.15, 0.2) is 42.6 Å². The molecule has 2 heterocycles. The average Bonchev–Trinajstić information content (AvgIpc) is 2.83. The SMILES string of the molecule is COc1ccc2ncc(=S)n(CCN3CCC(NCc4ccc(C)c(C#N)c4)CC3)c2c1. The van der Waals surface area contributed by atoms with Crippen molar-refractivity contribution in [1.29, 1.82) is 5.26 Å². The summed E-state index contributed by atoms with van der Waals surface area (Å²) in [6.07, 6.45) is 4.00. The van der Waals surface area contributed by atoms with E-state index in [9.17, 15) is 5.26 Å². The predicted octanol–water partition coefficient (Wildman–Crippen LogP) is 4.21. The molecule has 1 aliphatic heterocycles. The Morgan fingerprint density at radius 3 is 2.75 bits per heavy atom. The Labute approximate surface area is 194 Å². The standard InChI is InChI=1S/C25H29N5OS/c1-18-3-4-19(13-20(18)15-26)16-27-21-7-9-29(10-8-21)11-12-30-24-14-22(31-2)5-6-23(24)28-17-25(30)32/h3-6,13-14,17,21,27H,7-12,16H2,1-2H3. The number of nitrogens with one attached hydrogen (secondary N) is 1. The van der Waals surface area contributed by atoms with Gasteiger partial charge in [0.25, 0.3) is 0 Å². The second-order valence-corrected chi connectivity index (χ2v) is 8.78. The predicted molar refractivity (Wildman–Crippen MR) is 129 cm³/mol. The van der Waals surface area contributed by atoms with Crippen LogP contribution >= 0.6 is 12.2 Å². The van der Waals surface area contributed by atoms with Crippen LogP contribution in [0.2, 0.25) is 0 Å². The molecule has 32 heavy (non-hydrogen) atoms. The van der Waals surface area contributed by atoms with E-state index in [1.165, 1.54) is 5.56 Å². The molecule has 1 saturated heterocycles. The Morgan fingerprint density at radius 2 is 2.00 bits per heavy atom. The van der Waals surface area contributed by atoms with Crippen LogP contribution in [-0.2, 0) is 13.1 Å². The lowest BCUT2D eigenvalue weighted by Gasteiger charge is -2.32. The summed E-state index contributed by atoms with van der Waals surface area (Å²) in [5.41, 5.74) is 4.91. The highest BCUT2D eigenvalue weighted by atomic mass is 32.1. The smallest absolute Gasteiger partial charge is 0.124 e. The minimum atomic E-state index is 0.506. The number of hydrogen-bond acceptors (Lipinski definition) is 6. The summed E-state index contributed by atoms with van der Waals surface area (Å²) in [5.74, 6) is 0.816. The number of nitriles is 1. The quantitative estimate of drug-likeness (QED) is 0.548. The van der Waals surface area contributed by atoms with E-state index < -0.39 is 0 Å². The number of likely N-dealkylation sites (tertiary alicyclic amines) is 1. The molecule has 0 saturated carbocycles. The van der Waals surface area contributed by atoms with Gasteiger partial charge in [0, 0.05) is 31.7 Å². The first kappa shape index (κ1) is 22.4. The van der Waals surface area contributed by atoms with E-state index in [2.05, 4.69) is 31.9 Å². The lowest BCUT2D eigenvalue weighted by atomic mass is 10.0. The molecule has 0 atom stereocenters. The van der Waals surface area contributed by atoms with Crippen molar-refractivity contribution >= 4 is 23.3 Å². The largest absolute Gasteiger partial charge is 0.497 e. The van der Waals surface area contributed by atoms with E-state index in [0.29, 0.717) is 6.04 Å². The zero-order valence-corrected chi connectivity index (χ0v) is 19.5. The Kier molecular flexibility index (Phi) is 7.15. The van der Waals surface area contributed by atoms with Gasteiger partial charge >= 0.3 is 0 Å². The lowest BCUT2D eigenvalue weighted by Crippen LogP contribution is -2.43. The topological polar surface area (TPSA) is 66.1 Å². The van der Waals surface area contributed by atoms with Gasteiger partial charge in [-0.15, -0.1) is 0 Å². The normalized spacial score (nSPS) is 15.0. The molecular weight excluding hydrogens is 418 g/mol. The van der Waals surface area contributed by atoms with E-state index in [1.54, 1.807) is 13.3 Å². The van der Waals surface area contributed by atoms with Crippen LogP contribution in [0, 0.1) is 22.9 Å². The first-order valence-electron chi connectivity index (χ1n) is 11.1. The Balaban J connectivity index is 1.31. The lowest BCUT2D eigenvalue weighted by molar-refractivity contribution is 0.191. The van der Waals surface area contributed by atoms with Gasteiger partial charge in [-0.05, 0) is 62.2 Å². The van der Waals surface area contributed by atoms with Crippen molar-refractivity contribution in [3.05, 3.63) is 63.9 Å². The number of aromatic nitrogens is 2. The molecule has 0 amide bonds. The van der Waals surface area contributed by atoms with Crippen molar-refractivity contribution in [3.63, 3.8) is 0 Å². The van der Waals surface area contributed by atoms with E-state index in [-0.39, 0.29) is 0 Å². The van der Waals surface area contributed by atoms with Gasteiger partial charge in [-0.25, -0.2) is 0 Å². The molecule has 6 nitrogen and oxygen atoms in total. The fourth-order valence-electron chi connectivity index (χ4n) is 4.26. The fourth-order valence-corrected chi connectivity index (χ4v) is 4.51. The van der Waals surface area contributed by atoms with Crippen LogP contribution in [0.5, 0.6) is 5.75 Å². The number of nitrogens with zero attached hydrogens (tertiary/aromatic N) is 4. The van der Waals surface area contributed by atoms with Crippen LogP contribution in [-0.4, -0.2) is 47.2 Å². The third-order valence-electron chi connectivity index (χ3n) is 6.30. The van der Waals surface area contributed by atoms with Crippen LogP contribution < -0.4 is 10.1 Å². The van der Waals surface area contributed by atoms with Crippen LogP contribution in [0.25, 0.3) is 11.0 Å². The molecule has 0 aliphatic carbocycles. The molecule has 3 aromatic rings. The molecular formula is C25H29N5OS. The number of fused-ring (bicyclic) bond motifs is 1. The van der Waals surface area contributed by atoms with Crippen molar-refractivity contribution in [1.82, 2.24) is 19.8 Å². The number of aryl methyl sites for hydroxylation is 1. The first-order valence-corrected chi connectivity index (χ1v) is 11.5. The number of benzene rings is 2. The van der Waals surface area contributed by atoms with E-state index in [1.807, 2.05) is 37.3 Å². The Hall–Kier alpha value is -2.79. The minimum absolute atomic E-state index is 0.506. The maximum atomic E-state index is 9.23. The monoisotopic (exact) mass is 447 g/mol. The number of rotatable bonds is 7. The third kappa shape index (κ3) is 5.16. The highest BCUT2D eigenvalue weighted by Crippen LogP contribution is 2.20. The van der Waals surface area contributed by atoms with Gasteiger partial charge in [0.15, 0.2) is 0 Å². The summed E-state index contributed by atoms with van der Waals surface area (Å²) in [4.78, 5) is 6.97. The maximum absolute atomic E-state index is 9.23. The highest BCUT2D eigenvalue weighted by molar-refractivity contribution is 7.71. The number of piperidine rings is 1. The van der Waals surface area contributed by atoms with Crippen molar-refractivity contribution in [3.8, 4) is 11.8 Å². The molecule has 0 unspecified atom stereocenters. The van der Waals surface area contributed by atoms with Crippen molar-refractivity contribution in [2.24, 2.45) is 0 Å². The van der Waals surface area contributed by atoms with Gasteiger partial charge in [0.1, 0.15) is 10.4 Å². The first-order chi connectivity index (χ1) is 15.6. The zero-order chi connectivity index (χ0) is 22.5. The summed E-state index contributed by atoms with van der Waals surface area (Å²) >= 11 is 5.56. The van der Waals surface area contributed by atoms with E-state index in [4.69, 9.17) is 17.0 Å². The van der Waals surface area contributed by atoms with Crippen LogP contribution in [0.1, 0.15) is 29.5 Å². The van der Waals surface area contributed by atoms with E-state index in [0.717, 1.165) is 78.1 Å². The maximum Gasteiger partial charge on any atom is 0.124 e. The number of hydrogen-bond donors (Lipinski definition) is 1. The molecule has 166 valence electrons. The molecule has 7 heteroatoms. The van der Waals surface area contributed by atoms with E-state index >= 15 is 0 Å². The number of methoxy groups -OCH3 is 1. The van der Waals surface area contributed by atoms with Crippen LogP contribution in [0.3, 0.4) is 0 Å². The van der Waals surface area contributed by atoms with Crippen LogP contribution in [0.4, 0.5) is 0 Å². The van der Waals surface area contributed by atoms with Gasteiger partial charge in [-0.2, -0.15) is 5.26 Å². The molecule has 1 N–H and O–H groups in total. The number of ether oxygens (including phenoxy) is 1. The summed E-state index contributed by atoms with van der Waals surface area (Å²) < 4.78 is 8.30. The van der Waals surface area contributed by atoms with Crippen molar-refractivity contribution in [2.75, 3.05) is 26.7 Å². The summed E-state index contributed by atoms with van der Waals surface area (Å²) in [6, 6.07) is 14.8. The molecule has 2 aromatic carbocycles.